The number of carbonyl (C=O) groups excluding carboxylic acids is 2. The first-order valence-corrected chi connectivity index (χ1v) is 6.94. The third-order valence-electron chi connectivity index (χ3n) is 2.91. The Morgan fingerprint density at radius 2 is 2.10 bits per heavy atom. The predicted molar refractivity (Wildman–Crippen MR) is 80.3 cm³/mol. The van der Waals surface area contributed by atoms with Crippen molar-refractivity contribution in [2.24, 2.45) is 0 Å². The largest absolute Gasteiger partial charge is 0.449 e. The van der Waals surface area contributed by atoms with Crippen molar-refractivity contribution in [1.29, 1.82) is 0 Å². The first kappa shape index (κ1) is 15.3. The third-order valence-corrected chi connectivity index (χ3v) is 3.10. The van der Waals surface area contributed by atoms with Crippen LogP contribution >= 0.6 is 11.6 Å². The highest BCUT2D eigenvalue weighted by molar-refractivity contribution is 6.30. The molecule has 110 valence electrons. The molecule has 1 heterocycles. The van der Waals surface area contributed by atoms with Crippen LogP contribution < -0.4 is 5.32 Å². The van der Waals surface area contributed by atoms with Crippen LogP contribution in [0.1, 0.15) is 24.2 Å². The fourth-order valence-electron chi connectivity index (χ4n) is 1.91. The Balaban J connectivity index is 2.29. The van der Waals surface area contributed by atoms with Gasteiger partial charge in [-0.3, -0.25) is 4.79 Å². The number of esters is 1. The molecule has 0 aliphatic carbocycles. The maximum absolute atomic E-state index is 12.2. The van der Waals surface area contributed by atoms with Gasteiger partial charge in [0.15, 0.2) is 6.10 Å². The number of ether oxygens (including phenoxy) is 1. The highest BCUT2D eigenvalue weighted by Crippen LogP contribution is 2.21. The zero-order chi connectivity index (χ0) is 15.4. The van der Waals surface area contributed by atoms with E-state index in [1.54, 1.807) is 31.2 Å². The molecule has 1 aromatic carbocycles. The Bertz CT molecular complexity index is 688. The molecule has 21 heavy (non-hydrogen) atoms. The third kappa shape index (κ3) is 3.49. The van der Waals surface area contributed by atoms with Gasteiger partial charge in [0.2, 0.25) is 0 Å². The standard InChI is InChI=1S/C15H15ClN2O3/c1-3-17-14(19)9(2)21-15(20)11-8-13(16)18-12-7-5-4-6-10(11)12/h4-9H,3H2,1-2H3,(H,17,19)/t9-/m0/s1. The maximum atomic E-state index is 12.2. The summed E-state index contributed by atoms with van der Waals surface area (Å²) in [6.45, 7) is 3.79. The van der Waals surface area contributed by atoms with E-state index in [-0.39, 0.29) is 11.1 Å². The molecule has 1 atom stereocenters. The van der Waals surface area contributed by atoms with Gasteiger partial charge < -0.3 is 10.1 Å². The minimum Gasteiger partial charge on any atom is -0.449 e. The molecule has 0 saturated heterocycles. The summed E-state index contributed by atoms with van der Waals surface area (Å²) in [7, 11) is 0. The lowest BCUT2D eigenvalue weighted by Crippen LogP contribution is -2.35. The second-order valence-corrected chi connectivity index (χ2v) is 4.84. The molecule has 0 saturated carbocycles. The summed E-state index contributed by atoms with van der Waals surface area (Å²) < 4.78 is 5.18. The lowest BCUT2D eigenvalue weighted by molar-refractivity contribution is -0.128. The zero-order valence-electron chi connectivity index (χ0n) is 11.7. The first-order chi connectivity index (χ1) is 10.0. The fraction of sp³-hybridized carbons (Fsp3) is 0.267. The van der Waals surface area contributed by atoms with Crippen LogP contribution in [0.4, 0.5) is 0 Å². The lowest BCUT2D eigenvalue weighted by Gasteiger charge is -2.13. The molecule has 0 radical (unpaired) electrons. The summed E-state index contributed by atoms with van der Waals surface area (Å²) in [6, 6.07) is 8.55. The van der Waals surface area contributed by atoms with Crippen molar-refractivity contribution in [3.8, 4) is 0 Å². The number of nitrogens with zero attached hydrogens (tertiary/aromatic N) is 1. The number of hydrogen-bond acceptors (Lipinski definition) is 4. The molecule has 1 aromatic heterocycles. The Morgan fingerprint density at radius 3 is 2.81 bits per heavy atom. The molecule has 0 unspecified atom stereocenters. The molecule has 5 nitrogen and oxygen atoms in total. The van der Waals surface area contributed by atoms with E-state index < -0.39 is 12.1 Å². The van der Waals surface area contributed by atoms with Crippen LogP contribution in [0.2, 0.25) is 5.15 Å². The highest BCUT2D eigenvalue weighted by atomic mass is 35.5. The quantitative estimate of drug-likeness (QED) is 0.696. The zero-order valence-corrected chi connectivity index (χ0v) is 12.5. The minimum atomic E-state index is -0.872. The molecule has 0 bridgehead atoms. The molecule has 1 N–H and O–H groups in total. The van der Waals surface area contributed by atoms with Gasteiger partial charge in [-0.1, -0.05) is 29.8 Å². The second-order valence-electron chi connectivity index (χ2n) is 4.45. The van der Waals surface area contributed by atoms with E-state index in [0.29, 0.717) is 23.0 Å². The number of amides is 1. The Kier molecular flexibility index (Phi) is 4.75. The van der Waals surface area contributed by atoms with Crippen LogP contribution in [-0.4, -0.2) is 29.5 Å². The van der Waals surface area contributed by atoms with E-state index in [1.165, 1.54) is 13.0 Å². The van der Waals surface area contributed by atoms with E-state index in [9.17, 15) is 9.59 Å². The molecule has 0 aliphatic heterocycles. The van der Waals surface area contributed by atoms with E-state index in [1.807, 2.05) is 0 Å². The number of likely N-dealkylation sites (N-methyl/N-ethyl adjacent to an activating group) is 1. The summed E-state index contributed by atoms with van der Waals surface area (Å²) >= 11 is 5.92. The minimum absolute atomic E-state index is 0.200. The van der Waals surface area contributed by atoms with Gasteiger partial charge in [0.1, 0.15) is 5.15 Å². The summed E-state index contributed by atoms with van der Waals surface area (Å²) in [5.74, 6) is -0.940. The normalized spacial score (nSPS) is 12.0. The number of rotatable bonds is 4. The van der Waals surface area contributed by atoms with Gasteiger partial charge in [-0.25, -0.2) is 9.78 Å². The van der Waals surface area contributed by atoms with E-state index in [0.717, 1.165) is 0 Å². The van der Waals surface area contributed by atoms with Gasteiger partial charge in [0.25, 0.3) is 5.91 Å². The van der Waals surface area contributed by atoms with Crippen LogP contribution in [0, 0.1) is 0 Å². The van der Waals surface area contributed by atoms with Gasteiger partial charge in [-0.05, 0) is 26.0 Å². The van der Waals surface area contributed by atoms with Crippen molar-refractivity contribution in [3.05, 3.63) is 41.0 Å². The van der Waals surface area contributed by atoms with Crippen LogP contribution in [0.15, 0.2) is 30.3 Å². The SMILES string of the molecule is CCNC(=O)[C@H](C)OC(=O)c1cc(Cl)nc2ccccc12. The topological polar surface area (TPSA) is 68.3 Å². The average Bonchev–Trinajstić information content (AvgIpc) is 2.46. The molecule has 2 rings (SSSR count). The van der Waals surface area contributed by atoms with Crippen LogP contribution in [0.3, 0.4) is 0 Å². The number of para-hydroxylation sites is 1. The number of halogens is 1. The Labute approximate surface area is 127 Å². The molecule has 1 amide bonds. The highest BCUT2D eigenvalue weighted by Gasteiger charge is 2.20. The van der Waals surface area contributed by atoms with Crippen molar-refractivity contribution >= 4 is 34.4 Å². The monoisotopic (exact) mass is 306 g/mol. The molecule has 0 spiro atoms. The van der Waals surface area contributed by atoms with Gasteiger partial charge >= 0.3 is 5.97 Å². The molecular weight excluding hydrogens is 292 g/mol. The molecule has 6 heteroatoms. The average molecular weight is 307 g/mol. The van der Waals surface area contributed by atoms with Gasteiger partial charge in [0, 0.05) is 11.9 Å². The summed E-state index contributed by atoms with van der Waals surface area (Å²) in [6.07, 6.45) is -0.872. The molecule has 0 aliphatic rings. The molecule has 0 fully saturated rings. The van der Waals surface area contributed by atoms with E-state index in [2.05, 4.69) is 10.3 Å². The van der Waals surface area contributed by atoms with Crippen LogP contribution in [0.5, 0.6) is 0 Å². The smallest absolute Gasteiger partial charge is 0.339 e. The number of aromatic nitrogens is 1. The summed E-state index contributed by atoms with van der Waals surface area (Å²) in [5, 5.41) is 3.43. The second kappa shape index (κ2) is 6.54. The number of hydrogen-bond donors (Lipinski definition) is 1. The molecule has 2 aromatic rings. The number of benzene rings is 1. The maximum Gasteiger partial charge on any atom is 0.339 e. The lowest BCUT2D eigenvalue weighted by atomic mass is 10.1. The van der Waals surface area contributed by atoms with Crippen molar-refractivity contribution in [1.82, 2.24) is 10.3 Å². The first-order valence-electron chi connectivity index (χ1n) is 6.57. The number of pyridine rings is 1. The Hall–Kier alpha value is -2.14. The summed E-state index contributed by atoms with van der Waals surface area (Å²) in [4.78, 5) is 28.0. The Morgan fingerprint density at radius 1 is 1.38 bits per heavy atom. The number of fused-ring (bicyclic) bond motifs is 1. The van der Waals surface area contributed by atoms with E-state index >= 15 is 0 Å². The fourth-order valence-corrected chi connectivity index (χ4v) is 2.11. The van der Waals surface area contributed by atoms with Crippen molar-refractivity contribution in [2.45, 2.75) is 20.0 Å². The van der Waals surface area contributed by atoms with Crippen LogP contribution in [0.25, 0.3) is 10.9 Å². The van der Waals surface area contributed by atoms with Crippen molar-refractivity contribution < 1.29 is 14.3 Å². The van der Waals surface area contributed by atoms with Gasteiger partial charge in [0.05, 0.1) is 11.1 Å². The van der Waals surface area contributed by atoms with Crippen molar-refractivity contribution in [2.75, 3.05) is 6.54 Å². The summed E-state index contributed by atoms with van der Waals surface area (Å²) in [5.41, 5.74) is 0.893. The van der Waals surface area contributed by atoms with Gasteiger partial charge in [-0.2, -0.15) is 0 Å². The number of nitrogens with one attached hydrogen (secondary N) is 1. The van der Waals surface area contributed by atoms with E-state index in [4.69, 9.17) is 16.3 Å². The van der Waals surface area contributed by atoms with Crippen molar-refractivity contribution in [3.63, 3.8) is 0 Å². The number of carbonyl (C=O) groups is 2. The van der Waals surface area contributed by atoms with Crippen LogP contribution in [-0.2, 0) is 9.53 Å². The van der Waals surface area contributed by atoms with Gasteiger partial charge in [-0.15, -0.1) is 0 Å². The molecular formula is C15H15ClN2O3. The predicted octanol–water partition coefficient (Wildman–Crippen LogP) is 2.57.